The summed E-state index contributed by atoms with van der Waals surface area (Å²) in [5.74, 6) is -0.365. The zero-order valence-electron chi connectivity index (χ0n) is 14.5. The molecule has 0 aromatic carbocycles. The smallest absolute Gasteiger partial charge is 0.287 e. The zero-order chi connectivity index (χ0) is 18.6. The van der Waals surface area contributed by atoms with Gasteiger partial charge in [0.2, 0.25) is 11.0 Å². The molecule has 144 valence electrons. The fourth-order valence-corrected chi connectivity index (χ4v) is 4.31. The van der Waals surface area contributed by atoms with Crippen molar-refractivity contribution in [2.45, 2.75) is 24.4 Å². The molecular formula is C16H23N3O6S. The molecular weight excluding hydrogens is 362 g/mol. The van der Waals surface area contributed by atoms with Gasteiger partial charge in [-0.2, -0.15) is 4.31 Å². The number of rotatable bonds is 7. The number of nitrogens with one attached hydrogen (secondary N) is 1. The summed E-state index contributed by atoms with van der Waals surface area (Å²) < 4.78 is 36.6. The Balaban J connectivity index is 1.50. The number of likely N-dealkylation sites (tertiary alicyclic amines) is 1. The van der Waals surface area contributed by atoms with E-state index in [2.05, 4.69) is 5.32 Å². The van der Waals surface area contributed by atoms with Crippen molar-refractivity contribution in [1.82, 2.24) is 14.5 Å². The summed E-state index contributed by atoms with van der Waals surface area (Å²) in [6, 6.07) is 2.65. The Labute approximate surface area is 152 Å². The first-order valence-electron chi connectivity index (χ1n) is 8.72. The number of amides is 2. The van der Waals surface area contributed by atoms with Gasteiger partial charge < -0.3 is 19.4 Å². The molecule has 1 aromatic heterocycles. The molecule has 1 N–H and O–H groups in total. The van der Waals surface area contributed by atoms with Gasteiger partial charge in [0.15, 0.2) is 5.76 Å². The van der Waals surface area contributed by atoms with Gasteiger partial charge >= 0.3 is 0 Å². The Kier molecular flexibility index (Phi) is 5.94. The summed E-state index contributed by atoms with van der Waals surface area (Å²) in [4.78, 5) is 25.4. The van der Waals surface area contributed by atoms with Crippen molar-refractivity contribution in [2.75, 3.05) is 45.9 Å². The molecule has 2 saturated heterocycles. The average Bonchev–Trinajstić information content (AvgIpc) is 3.29. The maximum absolute atomic E-state index is 12.5. The molecule has 2 aliphatic rings. The van der Waals surface area contributed by atoms with Gasteiger partial charge in [0, 0.05) is 39.1 Å². The van der Waals surface area contributed by atoms with Crippen molar-refractivity contribution in [3.8, 4) is 0 Å². The largest absolute Gasteiger partial charge is 0.438 e. The Morgan fingerprint density at radius 2 is 1.96 bits per heavy atom. The van der Waals surface area contributed by atoms with Crippen molar-refractivity contribution < 1.29 is 27.2 Å². The first-order chi connectivity index (χ1) is 12.5. The molecule has 26 heavy (non-hydrogen) atoms. The monoisotopic (exact) mass is 385 g/mol. The molecule has 0 saturated carbocycles. The van der Waals surface area contributed by atoms with Crippen LogP contribution >= 0.6 is 0 Å². The number of nitrogens with zero attached hydrogens (tertiary/aromatic N) is 2. The number of hydrogen-bond donors (Lipinski definition) is 1. The van der Waals surface area contributed by atoms with E-state index in [-0.39, 0.29) is 29.8 Å². The fourth-order valence-electron chi connectivity index (χ4n) is 2.99. The van der Waals surface area contributed by atoms with E-state index < -0.39 is 15.9 Å². The molecule has 9 nitrogen and oxygen atoms in total. The van der Waals surface area contributed by atoms with Crippen LogP contribution in [0, 0.1) is 0 Å². The molecule has 2 fully saturated rings. The summed E-state index contributed by atoms with van der Waals surface area (Å²) in [6.07, 6.45) is 2.12. The SMILES string of the molecule is O=C(NCCCN1CCCC1=O)c1ccc(S(=O)(=O)N2CCOCC2)o1. The van der Waals surface area contributed by atoms with Crippen molar-refractivity contribution in [1.29, 1.82) is 0 Å². The van der Waals surface area contributed by atoms with Crippen LogP contribution in [0.25, 0.3) is 0 Å². The van der Waals surface area contributed by atoms with E-state index >= 15 is 0 Å². The van der Waals surface area contributed by atoms with E-state index in [0.29, 0.717) is 39.1 Å². The van der Waals surface area contributed by atoms with Gasteiger partial charge in [-0.1, -0.05) is 0 Å². The lowest BCUT2D eigenvalue weighted by Gasteiger charge is -2.24. The van der Waals surface area contributed by atoms with Gasteiger partial charge in [-0.25, -0.2) is 8.42 Å². The molecule has 2 amide bonds. The summed E-state index contributed by atoms with van der Waals surface area (Å²) in [7, 11) is -3.75. The van der Waals surface area contributed by atoms with E-state index in [1.165, 1.54) is 16.4 Å². The zero-order valence-corrected chi connectivity index (χ0v) is 15.3. The number of furan rings is 1. The van der Waals surface area contributed by atoms with Crippen LogP contribution in [0.5, 0.6) is 0 Å². The number of carbonyl (C=O) groups is 2. The average molecular weight is 385 g/mol. The van der Waals surface area contributed by atoms with E-state index in [1.807, 2.05) is 0 Å². The Morgan fingerprint density at radius 1 is 1.19 bits per heavy atom. The highest BCUT2D eigenvalue weighted by molar-refractivity contribution is 7.89. The topological polar surface area (TPSA) is 109 Å². The van der Waals surface area contributed by atoms with Crippen molar-refractivity contribution >= 4 is 21.8 Å². The van der Waals surface area contributed by atoms with Crippen LogP contribution < -0.4 is 5.32 Å². The van der Waals surface area contributed by atoms with Gasteiger partial charge in [0.1, 0.15) is 0 Å². The summed E-state index contributed by atoms with van der Waals surface area (Å²) in [5, 5.41) is 2.44. The van der Waals surface area contributed by atoms with Crippen LogP contribution in [0.15, 0.2) is 21.6 Å². The molecule has 10 heteroatoms. The van der Waals surface area contributed by atoms with Gasteiger partial charge in [0.05, 0.1) is 13.2 Å². The Morgan fingerprint density at radius 3 is 2.65 bits per heavy atom. The van der Waals surface area contributed by atoms with Crippen LogP contribution in [0.3, 0.4) is 0 Å². The third kappa shape index (κ3) is 4.25. The lowest BCUT2D eigenvalue weighted by molar-refractivity contribution is -0.127. The highest BCUT2D eigenvalue weighted by Crippen LogP contribution is 2.19. The number of sulfonamides is 1. The lowest BCUT2D eigenvalue weighted by atomic mass is 10.3. The summed E-state index contributed by atoms with van der Waals surface area (Å²) in [6.45, 7) is 2.97. The van der Waals surface area contributed by atoms with E-state index in [1.54, 1.807) is 4.90 Å². The third-order valence-electron chi connectivity index (χ3n) is 4.43. The maximum atomic E-state index is 12.5. The van der Waals surface area contributed by atoms with Crippen LogP contribution in [0.2, 0.25) is 0 Å². The van der Waals surface area contributed by atoms with Crippen LogP contribution in [-0.2, 0) is 19.6 Å². The molecule has 0 radical (unpaired) electrons. The second kappa shape index (κ2) is 8.19. The first kappa shape index (κ1) is 18.9. The number of hydrogen-bond acceptors (Lipinski definition) is 6. The quantitative estimate of drug-likeness (QED) is 0.664. The third-order valence-corrected chi connectivity index (χ3v) is 6.20. The highest BCUT2D eigenvalue weighted by atomic mass is 32.2. The molecule has 0 unspecified atom stereocenters. The molecule has 3 heterocycles. The fraction of sp³-hybridized carbons (Fsp3) is 0.625. The Hall–Kier alpha value is -1.91. The maximum Gasteiger partial charge on any atom is 0.287 e. The molecule has 0 aliphatic carbocycles. The molecule has 0 atom stereocenters. The van der Waals surface area contributed by atoms with Gasteiger partial charge in [-0.15, -0.1) is 0 Å². The Bertz CT molecular complexity index is 754. The van der Waals surface area contributed by atoms with Gasteiger partial charge in [-0.3, -0.25) is 9.59 Å². The molecule has 2 aliphatic heterocycles. The first-order valence-corrected chi connectivity index (χ1v) is 10.2. The minimum atomic E-state index is -3.75. The summed E-state index contributed by atoms with van der Waals surface area (Å²) >= 11 is 0. The second-order valence-electron chi connectivity index (χ2n) is 6.23. The normalized spacial score (nSPS) is 19.1. The number of ether oxygens (including phenoxy) is 1. The number of carbonyl (C=O) groups excluding carboxylic acids is 2. The predicted octanol–water partition coefficient (Wildman–Crippen LogP) is 0.0428. The van der Waals surface area contributed by atoms with Crippen molar-refractivity contribution in [3.05, 3.63) is 17.9 Å². The predicted molar refractivity (Wildman–Crippen MR) is 91.1 cm³/mol. The van der Waals surface area contributed by atoms with Gasteiger partial charge in [0.25, 0.3) is 15.9 Å². The van der Waals surface area contributed by atoms with Gasteiger partial charge in [-0.05, 0) is 25.0 Å². The second-order valence-corrected chi connectivity index (χ2v) is 8.10. The molecule has 0 bridgehead atoms. The van der Waals surface area contributed by atoms with Crippen LogP contribution in [0.4, 0.5) is 0 Å². The minimum Gasteiger partial charge on any atom is -0.438 e. The lowest BCUT2D eigenvalue weighted by Crippen LogP contribution is -2.40. The molecule has 1 aromatic rings. The van der Waals surface area contributed by atoms with Crippen molar-refractivity contribution in [2.24, 2.45) is 0 Å². The van der Waals surface area contributed by atoms with Crippen molar-refractivity contribution in [3.63, 3.8) is 0 Å². The highest BCUT2D eigenvalue weighted by Gasteiger charge is 2.30. The standard InChI is InChI=1S/C16H23N3O6S/c20-14-3-1-7-18(14)8-2-6-17-16(21)13-4-5-15(25-13)26(22,23)19-9-11-24-12-10-19/h4-5H,1-3,6-12H2,(H,17,21). The summed E-state index contributed by atoms with van der Waals surface area (Å²) in [5.41, 5.74) is 0. The van der Waals surface area contributed by atoms with Crippen LogP contribution in [0.1, 0.15) is 29.8 Å². The van der Waals surface area contributed by atoms with E-state index in [0.717, 1.165) is 13.0 Å². The van der Waals surface area contributed by atoms with E-state index in [4.69, 9.17) is 9.15 Å². The van der Waals surface area contributed by atoms with E-state index in [9.17, 15) is 18.0 Å². The molecule has 3 rings (SSSR count). The number of morpholine rings is 1. The molecule has 0 spiro atoms. The van der Waals surface area contributed by atoms with Crippen LogP contribution in [-0.4, -0.2) is 75.4 Å². The minimum absolute atomic E-state index is 0.0471.